The molecule has 2 heterocycles. The van der Waals surface area contributed by atoms with Crippen molar-refractivity contribution >= 4 is 46.1 Å². The number of aryl methyl sites for hydroxylation is 1. The predicted molar refractivity (Wildman–Crippen MR) is 304 cm³/mol. The monoisotopic (exact) mass is 1060 g/mol. The average Bonchev–Trinajstić information content (AvgIpc) is 4.03. The number of phenols is 2. The minimum Gasteiger partial charge on any atom is -0.508 e. The molecule has 3 atom stereocenters. The molecule has 6 rings (SSSR count). The van der Waals surface area contributed by atoms with Crippen LogP contribution in [0.3, 0.4) is 0 Å². The number of nitrogens with zero attached hydrogens (tertiary/aromatic N) is 2. The molecule has 1 saturated heterocycles. The lowest BCUT2D eigenvalue weighted by molar-refractivity contribution is -0.144. The van der Waals surface area contributed by atoms with Gasteiger partial charge in [-0.1, -0.05) is 153 Å². The highest BCUT2D eigenvalue weighted by molar-refractivity contribution is 7.13. The van der Waals surface area contributed by atoms with Gasteiger partial charge in [0.1, 0.15) is 35.9 Å². The van der Waals surface area contributed by atoms with Crippen LogP contribution < -0.4 is 20.7 Å². The number of β-amino-alcohol motifs (C(OH)–C–C–N with tert-alkyl or cyclic N) is 1. The topological polar surface area (TPSA) is 190 Å². The fourth-order valence-corrected chi connectivity index (χ4v) is 10.7. The zero-order valence-corrected chi connectivity index (χ0v) is 46.2. The predicted octanol–water partition coefficient (Wildman–Crippen LogP) is 11.7. The lowest BCUT2D eigenvalue weighted by Crippen LogP contribution is -2.57. The third-order valence-electron chi connectivity index (χ3n) is 14.1. The fourth-order valence-electron chi connectivity index (χ4n) is 9.85. The number of phenolic OH excluding ortho intramolecular Hbond substituents is 2. The first-order chi connectivity index (χ1) is 36.6. The molecule has 13 nitrogen and oxygen atoms in total. The minimum atomic E-state index is -0.838. The Kier molecular flexibility index (Phi) is 23.0. The quantitative estimate of drug-likeness (QED) is 0.0200. The maximum Gasteiger partial charge on any atom is 0.246 e. The van der Waals surface area contributed by atoms with Crippen molar-refractivity contribution in [3.8, 4) is 27.7 Å². The van der Waals surface area contributed by atoms with Gasteiger partial charge in [0.15, 0.2) is 0 Å². The number of amides is 4. The smallest absolute Gasteiger partial charge is 0.246 e. The molecule has 408 valence electrons. The van der Waals surface area contributed by atoms with Gasteiger partial charge in [0.25, 0.3) is 0 Å². The molecule has 6 N–H and O–H groups in total. The first kappa shape index (κ1) is 58.7. The first-order valence-electron chi connectivity index (χ1n) is 27.5. The van der Waals surface area contributed by atoms with Gasteiger partial charge < -0.3 is 40.9 Å². The lowest BCUT2D eigenvalue weighted by Gasteiger charge is -2.35. The molecule has 4 amide bonds. The molecule has 1 aliphatic rings. The van der Waals surface area contributed by atoms with Gasteiger partial charge in [-0.15, -0.1) is 11.3 Å². The largest absolute Gasteiger partial charge is 0.508 e. The van der Waals surface area contributed by atoms with E-state index in [9.17, 15) is 34.5 Å². The summed E-state index contributed by atoms with van der Waals surface area (Å²) in [6, 6.07) is 28.6. The van der Waals surface area contributed by atoms with Crippen LogP contribution in [0.25, 0.3) is 21.6 Å². The second-order valence-electron chi connectivity index (χ2n) is 21.2. The first-order valence-corrected chi connectivity index (χ1v) is 28.4. The molecule has 1 fully saturated rings. The second-order valence-corrected chi connectivity index (χ2v) is 22.1. The van der Waals surface area contributed by atoms with Gasteiger partial charge in [-0.25, -0.2) is 4.98 Å². The second kappa shape index (κ2) is 29.7. The van der Waals surface area contributed by atoms with Crippen molar-refractivity contribution in [2.24, 2.45) is 5.41 Å². The molecule has 1 aromatic heterocycles. The van der Waals surface area contributed by atoms with E-state index in [2.05, 4.69) is 27.9 Å². The van der Waals surface area contributed by atoms with Crippen LogP contribution in [0.2, 0.25) is 0 Å². The normalized spacial score (nSPS) is 15.2. The van der Waals surface area contributed by atoms with Crippen molar-refractivity contribution in [3.63, 3.8) is 0 Å². The standard InChI is InChI=1S/C62H81N5O8S/c1-6-53(45-25-31-49(68)32-26-45)57(46-27-33-50(69)34-28-46)47-29-35-52(36-30-47)75-38-37-63-55(71)19-17-15-13-11-9-7-8-10-12-14-16-18-20-56(72)66-59(62(3,4)5)61(74)67-41-51(70)39-54(67)60(73)64-40-44-21-23-48(24-22-44)58-43(2)65-42-76-58/h21-36,42,51,54,59,68-70H,6-20,37-41H2,1-5H3,(H,63,71)(H,64,73)(H,66,72)/t51-,54+,59?/m1/s1. The maximum atomic E-state index is 14.0. The number of thiazole rings is 1. The minimum absolute atomic E-state index is 0.0393. The van der Waals surface area contributed by atoms with Crippen LogP contribution in [-0.2, 0) is 25.7 Å². The van der Waals surface area contributed by atoms with Gasteiger partial charge in [-0.05, 0) is 107 Å². The van der Waals surface area contributed by atoms with Crippen LogP contribution in [0, 0.1) is 12.3 Å². The molecule has 5 aromatic rings. The van der Waals surface area contributed by atoms with E-state index in [0.717, 1.165) is 101 Å². The Morgan fingerprint density at radius 2 is 1.24 bits per heavy atom. The summed E-state index contributed by atoms with van der Waals surface area (Å²) in [6.45, 7) is 10.9. The Hall–Kier alpha value is -6.51. The number of likely N-dealkylation sites (tertiary alicyclic amines) is 1. The fraction of sp³-hybridized carbons (Fsp3) is 0.468. The number of allylic oxidation sites excluding steroid dienone is 1. The van der Waals surface area contributed by atoms with Gasteiger partial charge in [-0.3, -0.25) is 19.2 Å². The maximum absolute atomic E-state index is 14.0. The number of rotatable bonds is 29. The molecule has 1 aliphatic heterocycles. The Balaban J connectivity index is 0.780. The Labute approximate surface area is 454 Å². The van der Waals surface area contributed by atoms with Crippen LogP contribution in [0.5, 0.6) is 17.2 Å². The summed E-state index contributed by atoms with van der Waals surface area (Å²) in [5, 5.41) is 39.3. The van der Waals surface area contributed by atoms with Gasteiger partial charge in [-0.2, -0.15) is 0 Å². The van der Waals surface area contributed by atoms with E-state index < -0.39 is 23.6 Å². The molecule has 0 saturated carbocycles. The van der Waals surface area contributed by atoms with E-state index in [4.69, 9.17) is 4.74 Å². The molecular weight excluding hydrogens is 975 g/mol. The molecule has 1 unspecified atom stereocenters. The summed E-state index contributed by atoms with van der Waals surface area (Å²) in [4.78, 5) is 60.0. The van der Waals surface area contributed by atoms with Crippen molar-refractivity contribution in [2.45, 2.75) is 162 Å². The molecular formula is C62H81N5O8S. The summed E-state index contributed by atoms with van der Waals surface area (Å²) >= 11 is 1.59. The van der Waals surface area contributed by atoms with Gasteiger partial charge >= 0.3 is 0 Å². The molecule has 0 radical (unpaired) electrons. The van der Waals surface area contributed by atoms with Crippen LogP contribution in [-0.4, -0.2) is 86.7 Å². The summed E-state index contributed by atoms with van der Waals surface area (Å²) in [7, 11) is 0. The van der Waals surface area contributed by atoms with Crippen molar-refractivity contribution in [1.82, 2.24) is 25.8 Å². The number of benzene rings is 4. The average molecular weight is 1060 g/mol. The summed E-state index contributed by atoms with van der Waals surface area (Å²) < 4.78 is 5.97. The van der Waals surface area contributed by atoms with E-state index in [-0.39, 0.29) is 54.6 Å². The number of hydrogen-bond donors (Lipinski definition) is 6. The number of nitrogens with one attached hydrogen (secondary N) is 3. The number of carbonyl (C=O) groups is 4. The van der Waals surface area contributed by atoms with Crippen LogP contribution in [0.1, 0.15) is 158 Å². The number of carbonyl (C=O) groups excluding carboxylic acids is 4. The zero-order valence-electron chi connectivity index (χ0n) is 45.4. The highest BCUT2D eigenvalue weighted by Gasteiger charge is 2.44. The number of aromatic nitrogens is 1. The number of aromatic hydroxyl groups is 2. The third kappa shape index (κ3) is 18.1. The molecule has 14 heteroatoms. The zero-order chi connectivity index (χ0) is 54.5. The Morgan fingerprint density at radius 1 is 0.711 bits per heavy atom. The number of aliphatic hydroxyl groups is 1. The number of ether oxygens (including phenoxy) is 1. The Bertz CT molecular complexity index is 2640. The third-order valence-corrected chi connectivity index (χ3v) is 15.1. The number of aliphatic hydroxyl groups excluding tert-OH is 1. The molecule has 76 heavy (non-hydrogen) atoms. The van der Waals surface area contributed by atoms with Gasteiger partial charge in [0, 0.05) is 32.4 Å². The highest BCUT2D eigenvalue weighted by Crippen LogP contribution is 2.36. The van der Waals surface area contributed by atoms with E-state index in [1.165, 1.54) is 37.0 Å². The van der Waals surface area contributed by atoms with E-state index >= 15 is 0 Å². The molecule has 0 spiro atoms. The van der Waals surface area contributed by atoms with Crippen LogP contribution in [0.15, 0.2) is 103 Å². The summed E-state index contributed by atoms with van der Waals surface area (Å²) in [6.07, 6.45) is 13.7. The molecule has 4 aromatic carbocycles. The van der Waals surface area contributed by atoms with Crippen molar-refractivity contribution in [1.29, 1.82) is 0 Å². The van der Waals surface area contributed by atoms with E-state index in [1.807, 2.05) is 106 Å². The van der Waals surface area contributed by atoms with Crippen molar-refractivity contribution < 1.29 is 39.2 Å². The van der Waals surface area contributed by atoms with E-state index in [1.54, 1.807) is 35.6 Å². The Morgan fingerprint density at radius 3 is 1.76 bits per heavy atom. The van der Waals surface area contributed by atoms with Crippen molar-refractivity contribution in [3.05, 3.63) is 131 Å². The van der Waals surface area contributed by atoms with Crippen molar-refractivity contribution in [2.75, 3.05) is 19.7 Å². The number of unbranched alkanes of at least 4 members (excludes halogenated alkanes) is 11. The SMILES string of the molecule is CCC(=C(c1ccc(O)cc1)c1ccc(OCCNC(=O)CCCCCCCCCCCCCCC(=O)NC(C(=O)N2C[C@H](O)C[C@H]2C(=O)NCc2ccc(-c3scnc3C)cc2)C(C)(C)C)cc1)c1ccc(O)cc1. The number of hydrogen-bond acceptors (Lipinski definition) is 10. The summed E-state index contributed by atoms with van der Waals surface area (Å²) in [5.74, 6) is 0.313. The molecule has 0 aliphatic carbocycles. The summed E-state index contributed by atoms with van der Waals surface area (Å²) in [5.41, 5.74) is 9.32. The molecule has 0 bridgehead atoms. The van der Waals surface area contributed by atoms with Gasteiger partial charge in [0.05, 0.1) is 28.7 Å². The lowest BCUT2D eigenvalue weighted by atomic mass is 9.85. The van der Waals surface area contributed by atoms with E-state index in [0.29, 0.717) is 31.7 Å². The van der Waals surface area contributed by atoms with Crippen LogP contribution >= 0.6 is 11.3 Å². The van der Waals surface area contributed by atoms with Crippen LogP contribution in [0.4, 0.5) is 0 Å². The highest BCUT2D eigenvalue weighted by atomic mass is 32.1. The van der Waals surface area contributed by atoms with Gasteiger partial charge in [0.2, 0.25) is 23.6 Å².